The maximum Gasteiger partial charge on any atom is 0.236 e. The van der Waals surface area contributed by atoms with E-state index in [-0.39, 0.29) is 18.0 Å². The highest BCUT2D eigenvalue weighted by molar-refractivity contribution is 7.20. The van der Waals surface area contributed by atoms with Crippen LogP contribution in [0, 0.1) is 0 Å². The summed E-state index contributed by atoms with van der Waals surface area (Å²) in [5, 5.41) is 6.06. The van der Waals surface area contributed by atoms with Crippen molar-refractivity contribution in [3.8, 4) is 0 Å². The van der Waals surface area contributed by atoms with Crippen LogP contribution in [0.4, 0.5) is 0 Å². The molecule has 0 aliphatic rings. The summed E-state index contributed by atoms with van der Waals surface area (Å²) in [6.07, 6.45) is 0.931. The molecule has 1 aromatic rings. The SMILES string of the molecule is CCCNC(=O)C(C)NC(C)c1cc(Cl)sc1Cl. The zero-order chi connectivity index (χ0) is 13.7. The molecule has 1 rings (SSSR count). The molecule has 0 fully saturated rings. The molecule has 0 aliphatic heterocycles. The van der Waals surface area contributed by atoms with Crippen molar-refractivity contribution in [2.24, 2.45) is 0 Å². The molecule has 0 bridgehead atoms. The molecule has 18 heavy (non-hydrogen) atoms. The van der Waals surface area contributed by atoms with E-state index in [1.54, 1.807) is 0 Å². The molecule has 1 amide bonds. The van der Waals surface area contributed by atoms with E-state index in [1.807, 2.05) is 26.8 Å². The number of thiophene rings is 1. The fourth-order valence-electron chi connectivity index (χ4n) is 1.59. The van der Waals surface area contributed by atoms with Crippen LogP contribution in [0.1, 0.15) is 38.8 Å². The molecular formula is C12H18Cl2N2OS. The number of halogens is 2. The lowest BCUT2D eigenvalue weighted by molar-refractivity contribution is -0.122. The fraction of sp³-hybridized carbons (Fsp3) is 0.583. The summed E-state index contributed by atoms with van der Waals surface area (Å²) >= 11 is 13.3. The largest absolute Gasteiger partial charge is 0.355 e. The Morgan fingerprint density at radius 1 is 1.44 bits per heavy atom. The summed E-state index contributed by atoms with van der Waals surface area (Å²) in [6.45, 7) is 6.52. The van der Waals surface area contributed by atoms with E-state index < -0.39 is 0 Å². The Labute approximate surface area is 122 Å². The minimum absolute atomic E-state index is 0.00106. The summed E-state index contributed by atoms with van der Waals surface area (Å²) in [6, 6.07) is 1.56. The van der Waals surface area contributed by atoms with Crippen molar-refractivity contribution in [3.63, 3.8) is 0 Å². The zero-order valence-corrected chi connectivity index (χ0v) is 13.0. The third-order valence-corrected chi connectivity index (χ3v) is 4.11. The number of hydrogen-bond donors (Lipinski definition) is 2. The van der Waals surface area contributed by atoms with Gasteiger partial charge in [0, 0.05) is 12.6 Å². The Hall–Kier alpha value is -0.290. The Morgan fingerprint density at radius 3 is 2.61 bits per heavy atom. The van der Waals surface area contributed by atoms with Gasteiger partial charge in [0.2, 0.25) is 5.91 Å². The van der Waals surface area contributed by atoms with Crippen molar-refractivity contribution >= 4 is 40.4 Å². The molecule has 1 heterocycles. The molecule has 0 aliphatic carbocycles. The Bertz CT molecular complexity index is 409. The van der Waals surface area contributed by atoms with Gasteiger partial charge >= 0.3 is 0 Å². The summed E-state index contributed by atoms with van der Waals surface area (Å²) in [4.78, 5) is 11.7. The van der Waals surface area contributed by atoms with Crippen LogP contribution < -0.4 is 10.6 Å². The second-order valence-corrected chi connectivity index (χ2v) is 6.47. The number of nitrogens with one attached hydrogen (secondary N) is 2. The van der Waals surface area contributed by atoms with Gasteiger partial charge in [0.1, 0.15) is 0 Å². The summed E-state index contributed by atoms with van der Waals surface area (Å²) < 4.78 is 1.33. The van der Waals surface area contributed by atoms with Crippen LogP contribution in [0.5, 0.6) is 0 Å². The van der Waals surface area contributed by atoms with E-state index in [0.717, 1.165) is 12.0 Å². The molecule has 1 aromatic heterocycles. The second kappa shape index (κ2) is 7.34. The predicted molar refractivity (Wildman–Crippen MR) is 78.7 cm³/mol. The highest BCUT2D eigenvalue weighted by Gasteiger charge is 2.18. The minimum atomic E-state index is -0.263. The smallest absolute Gasteiger partial charge is 0.236 e. The van der Waals surface area contributed by atoms with E-state index in [2.05, 4.69) is 10.6 Å². The first-order valence-electron chi connectivity index (χ1n) is 5.94. The maximum absolute atomic E-state index is 11.7. The Morgan fingerprint density at radius 2 is 2.11 bits per heavy atom. The van der Waals surface area contributed by atoms with Crippen LogP contribution in [-0.2, 0) is 4.79 Å². The Balaban J connectivity index is 2.56. The van der Waals surface area contributed by atoms with Crippen LogP contribution in [0.25, 0.3) is 0 Å². The van der Waals surface area contributed by atoms with Crippen molar-refractivity contribution in [1.29, 1.82) is 0 Å². The van der Waals surface area contributed by atoms with Gasteiger partial charge in [-0.1, -0.05) is 30.1 Å². The van der Waals surface area contributed by atoms with Gasteiger partial charge in [-0.25, -0.2) is 0 Å². The van der Waals surface area contributed by atoms with E-state index in [9.17, 15) is 4.79 Å². The topological polar surface area (TPSA) is 41.1 Å². The quantitative estimate of drug-likeness (QED) is 0.842. The van der Waals surface area contributed by atoms with Gasteiger partial charge in [-0.15, -0.1) is 11.3 Å². The molecule has 0 spiro atoms. The van der Waals surface area contributed by atoms with Gasteiger partial charge in [-0.2, -0.15) is 0 Å². The lowest BCUT2D eigenvalue weighted by Crippen LogP contribution is -2.43. The van der Waals surface area contributed by atoms with Crippen LogP contribution in [0.15, 0.2) is 6.07 Å². The monoisotopic (exact) mass is 308 g/mol. The van der Waals surface area contributed by atoms with Crippen molar-refractivity contribution in [2.75, 3.05) is 6.54 Å². The van der Waals surface area contributed by atoms with E-state index in [4.69, 9.17) is 23.2 Å². The minimum Gasteiger partial charge on any atom is -0.355 e. The first-order valence-corrected chi connectivity index (χ1v) is 7.51. The molecule has 0 radical (unpaired) electrons. The molecule has 3 nitrogen and oxygen atoms in total. The van der Waals surface area contributed by atoms with E-state index in [1.165, 1.54) is 11.3 Å². The first kappa shape index (κ1) is 15.8. The van der Waals surface area contributed by atoms with Crippen molar-refractivity contribution in [1.82, 2.24) is 10.6 Å². The normalized spacial score (nSPS) is 14.3. The third kappa shape index (κ3) is 4.43. The van der Waals surface area contributed by atoms with E-state index in [0.29, 0.717) is 15.2 Å². The number of hydrogen-bond acceptors (Lipinski definition) is 3. The standard InChI is InChI=1S/C12H18Cl2N2OS/c1-4-5-15-12(17)8(3)16-7(2)9-6-10(13)18-11(9)14/h6-8,16H,4-5H2,1-3H3,(H,15,17). The average Bonchev–Trinajstić information content (AvgIpc) is 2.65. The van der Waals surface area contributed by atoms with Gasteiger partial charge in [-0.05, 0) is 31.9 Å². The predicted octanol–water partition coefficient (Wildman–Crippen LogP) is 3.62. The second-order valence-electron chi connectivity index (χ2n) is 4.18. The molecule has 0 saturated heterocycles. The van der Waals surface area contributed by atoms with Crippen LogP contribution in [0.2, 0.25) is 8.67 Å². The number of amides is 1. The highest BCUT2D eigenvalue weighted by atomic mass is 35.5. The average molecular weight is 309 g/mol. The molecule has 0 aromatic carbocycles. The van der Waals surface area contributed by atoms with E-state index >= 15 is 0 Å². The fourth-order valence-corrected chi connectivity index (χ4v) is 3.24. The summed E-state index contributed by atoms with van der Waals surface area (Å²) in [5.41, 5.74) is 0.932. The van der Waals surface area contributed by atoms with Crippen LogP contribution in [-0.4, -0.2) is 18.5 Å². The molecule has 0 saturated carbocycles. The van der Waals surface area contributed by atoms with Crippen LogP contribution in [0.3, 0.4) is 0 Å². The summed E-state index contributed by atoms with van der Waals surface area (Å²) in [7, 11) is 0. The number of carbonyl (C=O) groups excluding carboxylic acids is 1. The maximum atomic E-state index is 11.7. The van der Waals surface area contributed by atoms with Crippen molar-refractivity contribution in [2.45, 2.75) is 39.3 Å². The van der Waals surface area contributed by atoms with Gasteiger partial charge in [-0.3, -0.25) is 10.1 Å². The molecule has 2 atom stereocenters. The lowest BCUT2D eigenvalue weighted by atomic mass is 10.1. The van der Waals surface area contributed by atoms with Gasteiger partial charge in [0.15, 0.2) is 0 Å². The molecule has 102 valence electrons. The molecule has 6 heteroatoms. The van der Waals surface area contributed by atoms with Gasteiger partial charge < -0.3 is 5.32 Å². The molecular weight excluding hydrogens is 291 g/mol. The number of rotatable bonds is 6. The number of carbonyl (C=O) groups is 1. The van der Waals surface area contributed by atoms with Crippen LogP contribution >= 0.6 is 34.5 Å². The third-order valence-electron chi connectivity index (χ3n) is 2.59. The van der Waals surface area contributed by atoms with Crippen molar-refractivity contribution < 1.29 is 4.79 Å². The molecule has 2 unspecified atom stereocenters. The van der Waals surface area contributed by atoms with Gasteiger partial charge in [0.05, 0.1) is 14.7 Å². The first-order chi connectivity index (χ1) is 8.45. The lowest BCUT2D eigenvalue weighted by Gasteiger charge is -2.19. The molecule has 2 N–H and O–H groups in total. The summed E-state index contributed by atoms with van der Waals surface area (Å²) in [5.74, 6) is 0.00106. The highest BCUT2D eigenvalue weighted by Crippen LogP contribution is 2.34. The van der Waals surface area contributed by atoms with Crippen molar-refractivity contribution in [3.05, 3.63) is 20.3 Å². The Kier molecular flexibility index (Phi) is 6.43. The van der Waals surface area contributed by atoms with Gasteiger partial charge in [0.25, 0.3) is 0 Å². The zero-order valence-electron chi connectivity index (χ0n) is 10.7.